The molecule has 1 aromatic heterocycles. The Balaban J connectivity index is 1.57. The second-order valence-corrected chi connectivity index (χ2v) is 11.2. The Hall–Kier alpha value is -2.39. The van der Waals surface area contributed by atoms with Gasteiger partial charge in [-0.1, -0.05) is 12.1 Å². The Morgan fingerprint density at radius 3 is 2.58 bits per heavy atom. The molecule has 2 aliphatic rings. The van der Waals surface area contributed by atoms with Crippen molar-refractivity contribution in [1.82, 2.24) is 14.2 Å². The molecule has 0 bridgehead atoms. The summed E-state index contributed by atoms with van der Waals surface area (Å²) in [4.78, 5) is 18.5. The van der Waals surface area contributed by atoms with Crippen LogP contribution >= 0.6 is 0 Å². The van der Waals surface area contributed by atoms with Crippen molar-refractivity contribution in [1.29, 1.82) is 0 Å². The van der Waals surface area contributed by atoms with Gasteiger partial charge in [0, 0.05) is 43.1 Å². The lowest BCUT2D eigenvalue weighted by molar-refractivity contribution is 0.0139. The van der Waals surface area contributed by atoms with Crippen LogP contribution in [-0.2, 0) is 14.8 Å². The van der Waals surface area contributed by atoms with Gasteiger partial charge in [0.15, 0.2) is 0 Å². The third kappa shape index (κ3) is 4.21. The predicted octanol–water partition coefficient (Wildman–Crippen LogP) is 3.12. The third-order valence-corrected chi connectivity index (χ3v) is 7.84. The van der Waals surface area contributed by atoms with E-state index in [0.717, 1.165) is 6.42 Å². The van der Waals surface area contributed by atoms with E-state index >= 15 is 0 Å². The average molecular weight is 448 g/mol. The Labute approximate surface area is 183 Å². The summed E-state index contributed by atoms with van der Waals surface area (Å²) >= 11 is 0. The first kappa shape index (κ1) is 21.8. The van der Waals surface area contributed by atoms with Crippen molar-refractivity contribution in [3.05, 3.63) is 30.6 Å². The van der Waals surface area contributed by atoms with Crippen molar-refractivity contribution in [2.24, 2.45) is 11.8 Å². The smallest absolute Gasteiger partial charge is 0.410 e. The van der Waals surface area contributed by atoms with Gasteiger partial charge in [-0.05, 0) is 45.1 Å². The second kappa shape index (κ2) is 7.94. The monoisotopic (exact) mass is 447 g/mol. The number of nitrogens with zero attached hydrogens (tertiary/aromatic N) is 3. The van der Waals surface area contributed by atoms with Crippen LogP contribution in [0.5, 0.6) is 5.75 Å². The van der Waals surface area contributed by atoms with Gasteiger partial charge in [-0.2, -0.15) is 4.31 Å². The van der Waals surface area contributed by atoms with Crippen molar-refractivity contribution in [3.63, 3.8) is 0 Å². The third-order valence-electron chi connectivity index (χ3n) is 5.97. The van der Waals surface area contributed by atoms with Crippen molar-refractivity contribution in [2.45, 2.75) is 37.7 Å². The van der Waals surface area contributed by atoms with Crippen molar-refractivity contribution >= 4 is 26.9 Å². The number of carbonyl (C=O) groups is 1. The first-order valence-electron chi connectivity index (χ1n) is 10.5. The molecule has 2 aromatic rings. The molecule has 4 rings (SSSR count). The van der Waals surface area contributed by atoms with Crippen LogP contribution in [0.15, 0.2) is 35.5 Å². The maximum Gasteiger partial charge on any atom is 0.410 e. The Morgan fingerprint density at radius 1 is 1.13 bits per heavy atom. The van der Waals surface area contributed by atoms with Crippen LogP contribution in [0.2, 0.25) is 0 Å². The zero-order valence-corrected chi connectivity index (χ0v) is 19.2. The quantitative estimate of drug-likeness (QED) is 0.718. The van der Waals surface area contributed by atoms with Gasteiger partial charge in [0.2, 0.25) is 10.0 Å². The number of pyridine rings is 1. The van der Waals surface area contributed by atoms with Gasteiger partial charge in [0.05, 0.1) is 18.2 Å². The Kier molecular flexibility index (Phi) is 5.59. The first-order valence-corrected chi connectivity index (χ1v) is 11.9. The lowest BCUT2D eigenvalue weighted by Crippen LogP contribution is -2.45. The van der Waals surface area contributed by atoms with Crippen LogP contribution in [0, 0.1) is 11.8 Å². The van der Waals surface area contributed by atoms with Crippen molar-refractivity contribution < 1.29 is 22.7 Å². The number of rotatable bonds is 3. The number of ether oxygens (including phenoxy) is 2. The number of fused-ring (bicyclic) bond motifs is 2. The summed E-state index contributed by atoms with van der Waals surface area (Å²) in [5.41, 5.74) is -0.554. The van der Waals surface area contributed by atoms with Gasteiger partial charge < -0.3 is 14.4 Å². The van der Waals surface area contributed by atoms with E-state index in [1.165, 1.54) is 13.3 Å². The van der Waals surface area contributed by atoms with Gasteiger partial charge in [-0.25, -0.2) is 13.2 Å². The van der Waals surface area contributed by atoms with Crippen LogP contribution in [0.4, 0.5) is 4.79 Å². The van der Waals surface area contributed by atoms with E-state index in [1.54, 1.807) is 27.5 Å². The number of aromatic nitrogens is 1. The molecule has 3 heterocycles. The van der Waals surface area contributed by atoms with Gasteiger partial charge in [-0.15, -0.1) is 0 Å². The van der Waals surface area contributed by atoms with E-state index in [2.05, 4.69) is 4.98 Å². The highest BCUT2D eigenvalue weighted by Crippen LogP contribution is 2.38. The molecule has 0 saturated carbocycles. The van der Waals surface area contributed by atoms with E-state index in [4.69, 9.17) is 9.47 Å². The van der Waals surface area contributed by atoms with Crippen LogP contribution in [0.1, 0.15) is 27.2 Å². The summed E-state index contributed by atoms with van der Waals surface area (Å²) in [5.74, 6) is 0.756. The summed E-state index contributed by atoms with van der Waals surface area (Å²) in [5, 5.41) is 1.26. The molecule has 0 N–H and O–H groups in total. The minimum absolute atomic E-state index is 0.0922. The lowest BCUT2D eigenvalue weighted by atomic mass is 9.89. The molecule has 8 nitrogen and oxygen atoms in total. The zero-order valence-electron chi connectivity index (χ0n) is 18.4. The minimum atomic E-state index is -3.73. The maximum absolute atomic E-state index is 13.6. The molecular formula is C22H29N3O5S. The molecular weight excluding hydrogens is 418 g/mol. The van der Waals surface area contributed by atoms with E-state index in [-0.39, 0.29) is 22.8 Å². The number of amides is 1. The molecule has 0 radical (unpaired) electrons. The lowest BCUT2D eigenvalue weighted by Gasteiger charge is -2.35. The summed E-state index contributed by atoms with van der Waals surface area (Å²) in [6, 6.07) is 5.17. The van der Waals surface area contributed by atoms with E-state index < -0.39 is 15.6 Å². The van der Waals surface area contributed by atoms with Crippen LogP contribution < -0.4 is 4.74 Å². The van der Waals surface area contributed by atoms with Crippen molar-refractivity contribution in [3.8, 4) is 5.75 Å². The highest BCUT2D eigenvalue weighted by molar-refractivity contribution is 7.89. The highest BCUT2D eigenvalue weighted by Gasteiger charge is 2.43. The predicted molar refractivity (Wildman–Crippen MR) is 116 cm³/mol. The number of methoxy groups -OCH3 is 1. The summed E-state index contributed by atoms with van der Waals surface area (Å²) in [7, 11) is -2.22. The number of hydrogen-bond donors (Lipinski definition) is 0. The molecule has 1 aromatic carbocycles. The van der Waals surface area contributed by atoms with Crippen LogP contribution in [-0.4, -0.2) is 67.6 Å². The Bertz CT molecular complexity index is 1090. The van der Waals surface area contributed by atoms with Crippen LogP contribution in [0.3, 0.4) is 0 Å². The number of hydrogen-bond acceptors (Lipinski definition) is 6. The maximum atomic E-state index is 13.6. The number of carbonyl (C=O) groups excluding carboxylic acids is 1. The fourth-order valence-electron chi connectivity index (χ4n) is 4.49. The molecule has 168 valence electrons. The van der Waals surface area contributed by atoms with Gasteiger partial charge in [0.1, 0.15) is 11.4 Å². The zero-order chi connectivity index (χ0) is 22.4. The number of likely N-dealkylation sites (tertiary alicyclic amines) is 1. The standard InChI is InChI=1S/C22H29N3O5S/c1-22(2,3)30-21(26)24-9-8-16-13-25(14-17(16)12-24)31(27,28)19-7-5-6-15-10-23-11-18(29-4)20(15)19/h5-7,10-11,16-17H,8-9,12-14H2,1-4H3. The average Bonchev–Trinajstić information content (AvgIpc) is 3.16. The summed E-state index contributed by atoms with van der Waals surface area (Å²) in [6.45, 7) is 7.46. The number of benzene rings is 1. The second-order valence-electron chi connectivity index (χ2n) is 9.25. The fourth-order valence-corrected chi connectivity index (χ4v) is 6.27. The summed E-state index contributed by atoms with van der Waals surface area (Å²) in [6.07, 6.45) is 3.60. The molecule has 2 fully saturated rings. The molecule has 31 heavy (non-hydrogen) atoms. The van der Waals surface area contributed by atoms with Crippen LogP contribution in [0.25, 0.3) is 10.8 Å². The largest absolute Gasteiger partial charge is 0.494 e. The molecule has 0 aliphatic carbocycles. The van der Waals surface area contributed by atoms with Gasteiger partial charge >= 0.3 is 6.09 Å². The van der Waals surface area contributed by atoms with E-state index in [1.807, 2.05) is 26.8 Å². The molecule has 2 aliphatic heterocycles. The topological polar surface area (TPSA) is 89.0 Å². The Morgan fingerprint density at radius 2 is 1.87 bits per heavy atom. The normalized spacial score (nSPS) is 22.4. The van der Waals surface area contributed by atoms with Gasteiger partial charge in [0.25, 0.3) is 0 Å². The number of piperidine rings is 1. The number of sulfonamides is 1. The SMILES string of the molecule is COc1cncc2cccc(S(=O)(=O)N3CC4CCN(C(=O)OC(C)(C)C)CC4C3)c12. The molecule has 1 amide bonds. The molecule has 2 unspecified atom stereocenters. The molecule has 0 spiro atoms. The minimum Gasteiger partial charge on any atom is -0.494 e. The van der Waals surface area contributed by atoms with E-state index in [9.17, 15) is 13.2 Å². The molecule has 9 heteroatoms. The van der Waals surface area contributed by atoms with Gasteiger partial charge in [-0.3, -0.25) is 4.98 Å². The summed E-state index contributed by atoms with van der Waals surface area (Å²) < 4.78 is 39.7. The molecule has 2 atom stereocenters. The van der Waals surface area contributed by atoms with E-state index in [0.29, 0.717) is 42.7 Å². The van der Waals surface area contributed by atoms with Crippen molar-refractivity contribution in [2.75, 3.05) is 33.3 Å². The fraction of sp³-hybridized carbons (Fsp3) is 0.545. The first-order chi connectivity index (χ1) is 14.6. The highest BCUT2D eigenvalue weighted by atomic mass is 32.2. The molecule has 2 saturated heterocycles.